The average Bonchev–Trinajstić information content (AvgIpc) is 3.33. The Labute approximate surface area is 177 Å². The third kappa shape index (κ3) is 3.83. The number of para-hydroxylation sites is 1. The van der Waals surface area contributed by atoms with Crippen molar-refractivity contribution < 1.29 is 18.0 Å². The van der Waals surface area contributed by atoms with Crippen LogP contribution in [0.5, 0.6) is 0 Å². The topological polar surface area (TPSA) is 83.9 Å². The molecule has 0 spiro atoms. The first kappa shape index (κ1) is 20.8. The van der Waals surface area contributed by atoms with Crippen LogP contribution in [0.1, 0.15) is 27.4 Å². The van der Waals surface area contributed by atoms with Crippen molar-refractivity contribution in [2.24, 2.45) is 0 Å². The van der Waals surface area contributed by atoms with Gasteiger partial charge in [-0.3, -0.25) is 9.59 Å². The van der Waals surface area contributed by atoms with Crippen LogP contribution in [0.25, 0.3) is 15.9 Å². The summed E-state index contributed by atoms with van der Waals surface area (Å²) >= 11 is 1.27. The summed E-state index contributed by atoms with van der Waals surface area (Å²) in [5, 5.41) is 5.77. The minimum Gasteiger partial charge on any atom is -0.334 e. The Morgan fingerprint density at radius 1 is 1.26 bits per heavy atom. The number of amides is 1. The van der Waals surface area contributed by atoms with Crippen molar-refractivity contribution in [3.63, 3.8) is 0 Å². The zero-order valence-electron chi connectivity index (χ0n) is 16.4. The number of aromatic nitrogens is 4. The van der Waals surface area contributed by atoms with Crippen LogP contribution >= 0.6 is 11.3 Å². The smallest absolute Gasteiger partial charge is 0.334 e. The van der Waals surface area contributed by atoms with E-state index in [2.05, 4.69) is 15.1 Å². The summed E-state index contributed by atoms with van der Waals surface area (Å²) in [5.74, 6) is -0.152. The first-order valence-corrected chi connectivity index (χ1v) is 9.98. The van der Waals surface area contributed by atoms with E-state index < -0.39 is 17.6 Å². The second-order valence-electron chi connectivity index (χ2n) is 6.88. The first-order valence-electron chi connectivity index (χ1n) is 9.10. The van der Waals surface area contributed by atoms with Gasteiger partial charge in [-0.2, -0.15) is 18.3 Å². The predicted octanol–water partition coefficient (Wildman–Crippen LogP) is 3.77. The molecule has 4 aromatic rings. The van der Waals surface area contributed by atoms with E-state index in [1.807, 2.05) is 0 Å². The number of H-pyrrole nitrogens is 1. The third-order valence-electron chi connectivity index (χ3n) is 4.78. The van der Waals surface area contributed by atoms with E-state index in [-0.39, 0.29) is 29.0 Å². The second-order valence-corrected chi connectivity index (χ2v) is 7.80. The molecule has 0 fully saturated rings. The van der Waals surface area contributed by atoms with Crippen LogP contribution in [0.2, 0.25) is 0 Å². The van der Waals surface area contributed by atoms with Gasteiger partial charge in [0.1, 0.15) is 10.5 Å². The van der Waals surface area contributed by atoms with Gasteiger partial charge in [0.15, 0.2) is 0 Å². The summed E-state index contributed by atoms with van der Waals surface area (Å²) in [6.45, 7) is 1.54. The molecule has 0 saturated heterocycles. The Bertz CT molecular complexity index is 1340. The molecule has 3 heterocycles. The van der Waals surface area contributed by atoms with Gasteiger partial charge in [0.2, 0.25) is 0 Å². The van der Waals surface area contributed by atoms with Crippen molar-refractivity contribution in [1.29, 1.82) is 0 Å². The molecule has 11 heteroatoms. The molecule has 160 valence electrons. The lowest BCUT2D eigenvalue weighted by Crippen LogP contribution is -2.28. The lowest BCUT2D eigenvalue weighted by Gasteiger charge is -2.17. The van der Waals surface area contributed by atoms with E-state index in [0.29, 0.717) is 16.0 Å². The summed E-state index contributed by atoms with van der Waals surface area (Å²) < 4.78 is 41.7. The van der Waals surface area contributed by atoms with Crippen molar-refractivity contribution >= 4 is 27.5 Å². The Hall–Kier alpha value is -3.47. The molecule has 0 radical (unpaired) electrons. The maximum atomic E-state index is 13.4. The number of alkyl halides is 3. The molecule has 7 nitrogen and oxygen atoms in total. The largest absolute Gasteiger partial charge is 0.418 e. The van der Waals surface area contributed by atoms with Crippen LogP contribution in [0.3, 0.4) is 0 Å². The maximum absolute atomic E-state index is 13.4. The molecular weight excluding hydrogens is 431 g/mol. The van der Waals surface area contributed by atoms with Crippen molar-refractivity contribution in [3.8, 4) is 5.69 Å². The average molecular weight is 447 g/mol. The fraction of sp³-hybridized carbons (Fsp3) is 0.200. The van der Waals surface area contributed by atoms with Crippen LogP contribution < -0.4 is 5.56 Å². The molecule has 0 unspecified atom stereocenters. The molecule has 1 N–H and O–H groups in total. The van der Waals surface area contributed by atoms with Gasteiger partial charge >= 0.3 is 6.18 Å². The van der Waals surface area contributed by atoms with Gasteiger partial charge in [-0.15, -0.1) is 11.3 Å². The van der Waals surface area contributed by atoms with E-state index >= 15 is 0 Å². The molecule has 0 aliphatic heterocycles. The second kappa shape index (κ2) is 7.65. The number of carbonyl (C=O) groups is 1. The number of carbonyl (C=O) groups excluding carboxylic acids is 1. The highest BCUT2D eigenvalue weighted by Gasteiger charge is 2.34. The molecule has 3 aromatic heterocycles. The van der Waals surface area contributed by atoms with Gasteiger partial charge in [0, 0.05) is 7.05 Å². The summed E-state index contributed by atoms with van der Waals surface area (Å²) in [6.07, 6.45) is -3.33. The molecule has 31 heavy (non-hydrogen) atoms. The summed E-state index contributed by atoms with van der Waals surface area (Å²) in [4.78, 5) is 33.4. The van der Waals surface area contributed by atoms with E-state index in [0.717, 1.165) is 10.7 Å². The Balaban J connectivity index is 1.63. The number of aromatic amines is 1. The Morgan fingerprint density at radius 3 is 2.74 bits per heavy atom. The SMILES string of the molecule is Cc1c(C(=O)N(C)Cc2nc3ccsc3c(=O)[nH]2)cnn1-c1ccccc1C(F)(F)F. The van der Waals surface area contributed by atoms with E-state index in [9.17, 15) is 22.8 Å². The normalized spacial score (nSPS) is 11.8. The summed E-state index contributed by atoms with van der Waals surface area (Å²) in [6, 6.07) is 6.75. The molecular formula is C20H16F3N5O2S. The number of benzene rings is 1. The molecule has 0 aliphatic rings. The van der Waals surface area contributed by atoms with E-state index in [1.165, 1.54) is 54.6 Å². The molecule has 4 rings (SSSR count). The highest BCUT2D eigenvalue weighted by molar-refractivity contribution is 7.17. The zero-order chi connectivity index (χ0) is 22.3. The van der Waals surface area contributed by atoms with Gasteiger partial charge in [-0.05, 0) is 30.5 Å². The molecule has 1 amide bonds. The van der Waals surface area contributed by atoms with Crippen molar-refractivity contribution in [3.05, 3.63) is 74.9 Å². The third-order valence-corrected chi connectivity index (χ3v) is 5.68. The Kier molecular flexibility index (Phi) is 5.13. The predicted molar refractivity (Wildman–Crippen MR) is 109 cm³/mol. The minimum atomic E-state index is -4.56. The molecule has 0 saturated carbocycles. The van der Waals surface area contributed by atoms with E-state index in [1.54, 1.807) is 11.4 Å². The van der Waals surface area contributed by atoms with Gasteiger partial charge in [0.05, 0.1) is 40.8 Å². The highest BCUT2D eigenvalue weighted by Crippen LogP contribution is 2.34. The molecule has 0 bridgehead atoms. The van der Waals surface area contributed by atoms with Crippen molar-refractivity contribution in [2.75, 3.05) is 7.05 Å². The molecule has 0 aliphatic carbocycles. The molecule has 0 atom stereocenters. The number of thiophene rings is 1. The quantitative estimate of drug-likeness (QED) is 0.516. The van der Waals surface area contributed by atoms with E-state index in [4.69, 9.17) is 0 Å². The summed E-state index contributed by atoms with van der Waals surface area (Å²) in [7, 11) is 1.51. The maximum Gasteiger partial charge on any atom is 0.418 e. The van der Waals surface area contributed by atoms with Crippen LogP contribution in [0.4, 0.5) is 13.2 Å². The Morgan fingerprint density at radius 2 is 2.00 bits per heavy atom. The fourth-order valence-electron chi connectivity index (χ4n) is 3.26. The van der Waals surface area contributed by atoms with Gasteiger partial charge in [0.25, 0.3) is 11.5 Å². The van der Waals surface area contributed by atoms with Gasteiger partial charge in [-0.25, -0.2) is 9.67 Å². The van der Waals surface area contributed by atoms with Crippen LogP contribution in [-0.2, 0) is 12.7 Å². The lowest BCUT2D eigenvalue weighted by molar-refractivity contribution is -0.137. The minimum absolute atomic E-state index is 0.0175. The number of hydrogen-bond acceptors (Lipinski definition) is 5. The monoisotopic (exact) mass is 447 g/mol. The van der Waals surface area contributed by atoms with Crippen molar-refractivity contribution in [2.45, 2.75) is 19.6 Å². The number of nitrogens with zero attached hydrogens (tertiary/aromatic N) is 4. The lowest BCUT2D eigenvalue weighted by atomic mass is 10.1. The number of halogens is 3. The fourth-order valence-corrected chi connectivity index (χ4v) is 3.98. The number of fused-ring (bicyclic) bond motifs is 1. The number of rotatable bonds is 4. The molecule has 1 aromatic carbocycles. The number of nitrogens with one attached hydrogen (secondary N) is 1. The number of hydrogen-bond donors (Lipinski definition) is 1. The standard InChI is InChI=1S/C20H16F3N5O2S/c1-11-12(9-24-28(11)15-6-4-3-5-13(15)20(21,22)23)19(30)27(2)10-16-25-14-7-8-31-17(14)18(29)26-16/h3-9H,10H2,1-2H3,(H,25,26,29). The van der Waals surface area contributed by atoms with Gasteiger partial charge < -0.3 is 9.88 Å². The highest BCUT2D eigenvalue weighted by atomic mass is 32.1. The van der Waals surface area contributed by atoms with Crippen LogP contribution in [0, 0.1) is 6.92 Å². The van der Waals surface area contributed by atoms with Crippen LogP contribution in [-0.4, -0.2) is 37.6 Å². The first-order chi connectivity index (χ1) is 14.7. The summed E-state index contributed by atoms with van der Waals surface area (Å²) in [5.41, 5.74) is -0.342. The van der Waals surface area contributed by atoms with Crippen molar-refractivity contribution in [1.82, 2.24) is 24.6 Å². The van der Waals surface area contributed by atoms with Crippen LogP contribution in [0.15, 0.2) is 46.7 Å². The zero-order valence-corrected chi connectivity index (χ0v) is 17.2. The van der Waals surface area contributed by atoms with Gasteiger partial charge in [-0.1, -0.05) is 12.1 Å².